The fourth-order valence-electron chi connectivity index (χ4n) is 5.25. The highest BCUT2D eigenvalue weighted by Crippen LogP contribution is 2.72. The van der Waals surface area contributed by atoms with E-state index in [1.165, 1.54) is 12.8 Å². The van der Waals surface area contributed by atoms with Gasteiger partial charge in [0.2, 0.25) is 0 Å². The van der Waals surface area contributed by atoms with Crippen molar-refractivity contribution in [1.82, 2.24) is 0 Å². The molecule has 4 aliphatic carbocycles. The van der Waals surface area contributed by atoms with Crippen molar-refractivity contribution in [1.29, 1.82) is 0 Å². The van der Waals surface area contributed by atoms with Crippen LogP contribution in [-0.4, -0.2) is 11.2 Å². The molecule has 0 radical (unpaired) electrons. The Balaban J connectivity index is 1.93. The fraction of sp³-hybridized carbons (Fsp3) is 0.867. The van der Waals surface area contributed by atoms with Crippen molar-refractivity contribution in [2.45, 2.75) is 46.1 Å². The van der Waals surface area contributed by atoms with Crippen molar-refractivity contribution in [3.05, 3.63) is 12.2 Å². The monoisotopic (exact) mass is 220 g/mol. The molecule has 0 heterocycles. The van der Waals surface area contributed by atoms with Gasteiger partial charge < -0.3 is 5.11 Å². The van der Waals surface area contributed by atoms with Gasteiger partial charge in [-0.05, 0) is 59.8 Å². The zero-order valence-corrected chi connectivity index (χ0v) is 10.7. The van der Waals surface area contributed by atoms with Crippen LogP contribution in [0, 0.1) is 35.0 Å². The molecule has 1 nitrogen and oxygen atoms in total. The lowest BCUT2D eigenvalue weighted by atomic mass is 9.33. The van der Waals surface area contributed by atoms with Crippen molar-refractivity contribution >= 4 is 0 Å². The number of hydrogen-bond donors (Lipinski definition) is 1. The molecule has 1 N–H and O–H groups in total. The highest BCUT2D eigenvalue weighted by molar-refractivity contribution is 5.29. The van der Waals surface area contributed by atoms with E-state index in [2.05, 4.69) is 27.4 Å². The molecule has 16 heavy (non-hydrogen) atoms. The van der Waals surface area contributed by atoms with Crippen LogP contribution >= 0.6 is 0 Å². The van der Waals surface area contributed by atoms with E-state index in [4.69, 9.17) is 0 Å². The molecule has 4 rings (SSSR count). The quantitative estimate of drug-likeness (QED) is 0.673. The normalized spacial score (nSPS) is 55.1. The van der Waals surface area contributed by atoms with Crippen LogP contribution in [0.4, 0.5) is 0 Å². The summed E-state index contributed by atoms with van der Waals surface area (Å²) in [6.07, 6.45) is 3.53. The van der Waals surface area contributed by atoms with Gasteiger partial charge in [-0.15, -0.1) is 0 Å². The van der Waals surface area contributed by atoms with Gasteiger partial charge in [-0.1, -0.05) is 27.4 Å². The lowest BCUT2D eigenvalue weighted by molar-refractivity contribution is -0.211. The molecule has 4 saturated carbocycles. The average Bonchev–Trinajstić information content (AvgIpc) is 2.22. The maximum Gasteiger partial charge on any atom is 0.0753 e. The Morgan fingerprint density at radius 2 is 2.12 bits per heavy atom. The molecule has 0 aromatic carbocycles. The van der Waals surface area contributed by atoms with E-state index in [9.17, 15) is 5.11 Å². The van der Waals surface area contributed by atoms with Gasteiger partial charge in [-0.3, -0.25) is 0 Å². The summed E-state index contributed by atoms with van der Waals surface area (Å²) < 4.78 is 0. The largest absolute Gasteiger partial charge is 0.389 e. The highest BCUT2D eigenvalue weighted by Gasteiger charge is 2.67. The number of hydrogen-bond acceptors (Lipinski definition) is 1. The van der Waals surface area contributed by atoms with Gasteiger partial charge in [0.15, 0.2) is 0 Å². The summed E-state index contributed by atoms with van der Waals surface area (Å²) in [5.74, 6) is 3.92. The first-order chi connectivity index (χ1) is 7.47. The minimum Gasteiger partial charge on any atom is -0.389 e. The van der Waals surface area contributed by atoms with Crippen LogP contribution in [0.3, 0.4) is 0 Å². The molecule has 0 amide bonds. The summed E-state index contributed by atoms with van der Waals surface area (Å²) in [4.78, 5) is 0. The van der Waals surface area contributed by atoms with Gasteiger partial charge in [0.25, 0.3) is 0 Å². The second-order valence-corrected chi connectivity index (χ2v) is 6.94. The minimum atomic E-state index is -0.203. The molecule has 0 aromatic rings. The molecule has 1 heteroatoms. The Bertz CT molecular complexity index is 332. The fourth-order valence-corrected chi connectivity index (χ4v) is 5.25. The van der Waals surface area contributed by atoms with Crippen LogP contribution in [0.5, 0.6) is 0 Å². The summed E-state index contributed by atoms with van der Waals surface area (Å²) >= 11 is 0. The molecule has 90 valence electrons. The second-order valence-electron chi connectivity index (χ2n) is 6.94. The Kier molecular flexibility index (Phi) is 2.12. The summed E-state index contributed by atoms with van der Waals surface area (Å²) in [7, 11) is 0. The zero-order chi connectivity index (χ0) is 11.7. The molecular formula is C15H24O. The van der Waals surface area contributed by atoms with Crippen molar-refractivity contribution in [3.63, 3.8) is 0 Å². The van der Waals surface area contributed by atoms with E-state index in [0.717, 1.165) is 35.7 Å². The van der Waals surface area contributed by atoms with E-state index < -0.39 is 0 Å². The van der Waals surface area contributed by atoms with Crippen LogP contribution in [0.15, 0.2) is 12.2 Å². The Morgan fingerprint density at radius 1 is 1.44 bits per heavy atom. The van der Waals surface area contributed by atoms with Gasteiger partial charge >= 0.3 is 0 Å². The van der Waals surface area contributed by atoms with Crippen LogP contribution in [0.2, 0.25) is 0 Å². The molecule has 4 aliphatic rings. The smallest absolute Gasteiger partial charge is 0.0753 e. The van der Waals surface area contributed by atoms with Gasteiger partial charge in [-0.2, -0.15) is 0 Å². The third kappa shape index (κ3) is 1.06. The zero-order valence-electron chi connectivity index (χ0n) is 10.7. The summed E-state index contributed by atoms with van der Waals surface area (Å²) in [5, 5.41) is 9.97. The Hall–Kier alpha value is -0.300. The molecule has 0 aromatic heterocycles. The van der Waals surface area contributed by atoms with Crippen molar-refractivity contribution < 1.29 is 5.11 Å². The predicted octanol–water partition coefficient (Wildman–Crippen LogP) is 3.24. The van der Waals surface area contributed by atoms with E-state index in [-0.39, 0.29) is 6.10 Å². The van der Waals surface area contributed by atoms with Gasteiger partial charge in [0.1, 0.15) is 0 Å². The average molecular weight is 220 g/mol. The molecule has 0 saturated heterocycles. The molecular weight excluding hydrogens is 196 g/mol. The molecule has 4 bridgehead atoms. The number of fused-ring (bicyclic) bond motifs is 2. The van der Waals surface area contributed by atoms with E-state index in [1.807, 2.05) is 0 Å². The highest BCUT2D eigenvalue weighted by atomic mass is 16.3. The first-order valence-electron chi connectivity index (χ1n) is 6.83. The second kappa shape index (κ2) is 3.13. The van der Waals surface area contributed by atoms with Crippen LogP contribution in [0.25, 0.3) is 0 Å². The lowest BCUT2D eigenvalue weighted by Crippen LogP contribution is -2.67. The number of aliphatic hydroxyl groups is 1. The van der Waals surface area contributed by atoms with Gasteiger partial charge in [0, 0.05) is 0 Å². The molecule has 0 spiro atoms. The van der Waals surface area contributed by atoms with Gasteiger partial charge in [-0.25, -0.2) is 0 Å². The standard InChI is InChI=1S/C15H24O/c1-8(2)10-5-6-15(4)11-7-12(16)9(3)14(15)13(10)11/h8,10-14,16H,3,5-7H2,1-2,4H3/t10-,11+,12+,13+,14-,15-/m0/s1. The maximum absolute atomic E-state index is 9.97. The summed E-state index contributed by atoms with van der Waals surface area (Å²) in [6, 6.07) is 0. The summed E-state index contributed by atoms with van der Waals surface area (Å²) in [5.41, 5.74) is 1.65. The lowest BCUT2D eigenvalue weighted by Gasteiger charge is -2.71. The molecule has 6 atom stereocenters. The number of aliphatic hydroxyl groups excluding tert-OH is 1. The Morgan fingerprint density at radius 3 is 2.69 bits per heavy atom. The molecule has 0 aliphatic heterocycles. The van der Waals surface area contributed by atoms with E-state index >= 15 is 0 Å². The topological polar surface area (TPSA) is 20.2 Å². The van der Waals surface area contributed by atoms with Crippen LogP contribution < -0.4 is 0 Å². The Labute approximate surface area is 98.9 Å². The third-order valence-corrected chi connectivity index (χ3v) is 6.08. The van der Waals surface area contributed by atoms with Crippen molar-refractivity contribution in [2.24, 2.45) is 35.0 Å². The van der Waals surface area contributed by atoms with Crippen LogP contribution in [-0.2, 0) is 0 Å². The van der Waals surface area contributed by atoms with Crippen molar-refractivity contribution in [3.8, 4) is 0 Å². The third-order valence-electron chi connectivity index (χ3n) is 6.08. The SMILES string of the molecule is C=C1[C@H](O)C[C@@H]2[C@H]3[C@H](C(C)C)CC[C@]2(C)[C@@H]13. The molecule has 4 fully saturated rings. The molecule has 0 unspecified atom stereocenters. The summed E-state index contributed by atoms with van der Waals surface area (Å²) in [6.45, 7) is 11.3. The minimum absolute atomic E-state index is 0.203. The van der Waals surface area contributed by atoms with Crippen LogP contribution in [0.1, 0.15) is 40.0 Å². The van der Waals surface area contributed by atoms with Gasteiger partial charge in [0.05, 0.1) is 6.10 Å². The van der Waals surface area contributed by atoms with Crippen molar-refractivity contribution in [2.75, 3.05) is 0 Å². The van der Waals surface area contributed by atoms with E-state index in [1.54, 1.807) is 0 Å². The first-order valence-corrected chi connectivity index (χ1v) is 6.83. The maximum atomic E-state index is 9.97. The number of rotatable bonds is 1. The first kappa shape index (κ1) is 10.8. The predicted molar refractivity (Wildman–Crippen MR) is 65.9 cm³/mol. The van der Waals surface area contributed by atoms with E-state index in [0.29, 0.717) is 11.3 Å².